The molecule has 0 aliphatic rings. The van der Waals surface area contributed by atoms with E-state index in [0.717, 1.165) is 22.0 Å². The van der Waals surface area contributed by atoms with Gasteiger partial charge in [-0.2, -0.15) is 0 Å². The third kappa shape index (κ3) is 3.21. The van der Waals surface area contributed by atoms with E-state index in [4.69, 9.17) is 0 Å². The van der Waals surface area contributed by atoms with Crippen molar-refractivity contribution < 1.29 is 4.79 Å². The first kappa shape index (κ1) is 16.8. The Balaban J connectivity index is 1.71. The number of fused-ring (bicyclic) bond motifs is 1. The molecule has 3 nitrogen and oxygen atoms in total. The number of benzene rings is 2. The molecular weight excluding hydrogens is 340 g/mol. The molecule has 0 aliphatic carbocycles. The number of aromatic nitrogens is 1. The number of aromatic amines is 1. The zero-order valence-electron chi connectivity index (χ0n) is 14.5. The van der Waals surface area contributed by atoms with Crippen LogP contribution in [0, 0.1) is 0 Å². The molecule has 0 bridgehead atoms. The van der Waals surface area contributed by atoms with Crippen LogP contribution in [0.1, 0.15) is 39.8 Å². The Kier molecular flexibility index (Phi) is 4.69. The molecule has 0 saturated heterocycles. The summed E-state index contributed by atoms with van der Waals surface area (Å²) in [7, 11) is 0. The molecule has 2 heterocycles. The molecule has 0 aliphatic heterocycles. The molecule has 130 valence electrons. The summed E-state index contributed by atoms with van der Waals surface area (Å²) in [6.07, 6.45) is 1.82. The third-order valence-electron chi connectivity index (χ3n) is 4.64. The van der Waals surface area contributed by atoms with Crippen LogP contribution in [-0.2, 0) is 0 Å². The Morgan fingerprint density at radius 1 is 1.00 bits per heavy atom. The highest BCUT2D eigenvalue weighted by Gasteiger charge is 2.26. The second kappa shape index (κ2) is 7.28. The van der Waals surface area contributed by atoms with Gasteiger partial charge in [-0.1, -0.05) is 54.6 Å². The fraction of sp³-hybridized carbons (Fsp3) is 0.136. The van der Waals surface area contributed by atoms with Crippen LogP contribution < -0.4 is 5.32 Å². The molecule has 2 aromatic carbocycles. The average Bonchev–Trinajstić information content (AvgIpc) is 3.36. The summed E-state index contributed by atoms with van der Waals surface area (Å²) in [4.78, 5) is 17.9. The second-order valence-corrected chi connectivity index (χ2v) is 7.34. The van der Waals surface area contributed by atoms with E-state index in [1.807, 2.05) is 66.9 Å². The number of nitrogens with one attached hydrogen (secondary N) is 2. The number of Topliss-reactive ketones (excluding diaryl/α,β-unsaturated/α-hetero) is 1. The van der Waals surface area contributed by atoms with Gasteiger partial charge < -0.3 is 4.98 Å². The zero-order chi connectivity index (χ0) is 17.9. The molecule has 4 heteroatoms. The van der Waals surface area contributed by atoms with Crippen LogP contribution in [0.3, 0.4) is 0 Å². The fourth-order valence-corrected chi connectivity index (χ4v) is 4.01. The molecule has 2 atom stereocenters. The van der Waals surface area contributed by atoms with Gasteiger partial charge in [0, 0.05) is 33.6 Å². The first-order valence-corrected chi connectivity index (χ1v) is 9.57. The van der Waals surface area contributed by atoms with Crippen LogP contribution in [0.2, 0.25) is 0 Å². The first-order chi connectivity index (χ1) is 12.7. The Labute approximate surface area is 156 Å². The van der Waals surface area contributed by atoms with Crippen molar-refractivity contribution >= 4 is 28.0 Å². The normalized spacial score (nSPS) is 13.6. The maximum atomic E-state index is 13.4. The van der Waals surface area contributed by atoms with Gasteiger partial charge in [-0.25, -0.2) is 0 Å². The molecule has 0 radical (unpaired) electrons. The van der Waals surface area contributed by atoms with Crippen LogP contribution in [-0.4, -0.2) is 10.8 Å². The number of hydrogen-bond donors (Lipinski definition) is 2. The molecule has 0 unspecified atom stereocenters. The zero-order valence-corrected chi connectivity index (χ0v) is 15.3. The molecule has 0 fully saturated rings. The van der Waals surface area contributed by atoms with E-state index < -0.39 is 6.04 Å². The van der Waals surface area contributed by atoms with E-state index in [1.165, 1.54) is 4.88 Å². The Morgan fingerprint density at radius 2 is 1.77 bits per heavy atom. The van der Waals surface area contributed by atoms with E-state index in [2.05, 4.69) is 28.7 Å². The summed E-state index contributed by atoms with van der Waals surface area (Å²) in [6.45, 7) is 2.10. The lowest BCUT2D eigenvalue weighted by Crippen LogP contribution is -2.30. The lowest BCUT2D eigenvalue weighted by atomic mass is 9.96. The van der Waals surface area contributed by atoms with Gasteiger partial charge in [0.25, 0.3) is 0 Å². The number of hydrogen-bond acceptors (Lipinski definition) is 3. The maximum absolute atomic E-state index is 13.4. The van der Waals surface area contributed by atoms with Gasteiger partial charge >= 0.3 is 0 Å². The van der Waals surface area contributed by atoms with Crippen molar-refractivity contribution in [3.05, 3.63) is 94.3 Å². The van der Waals surface area contributed by atoms with Crippen molar-refractivity contribution in [1.82, 2.24) is 10.3 Å². The monoisotopic (exact) mass is 360 g/mol. The first-order valence-electron chi connectivity index (χ1n) is 8.69. The Morgan fingerprint density at radius 3 is 2.54 bits per heavy atom. The van der Waals surface area contributed by atoms with Crippen LogP contribution in [0.5, 0.6) is 0 Å². The van der Waals surface area contributed by atoms with Gasteiger partial charge in [-0.15, -0.1) is 11.3 Å². The predicted molar refractivity (Wildman–Crippen MR) is 108 cm³/mol. The number of carbonyl (C=O) groups is 1. The minimum atomic E-state index is -0.396. The van der Waals surface area contributed by atoms with Crippen molar-refractivity contribution in [2.45, 2.75) is 19.0 Å². The highest BCUT2D eigenvalue weighted by Crippen LogP contribution is 2.28. The summed E-state index contributed by atoms with van der Waals surface area (Å²) >= 11 is 1.70. The van der Waals surface area contributed by atoms with Gasteiger partial charge in [0.2, 0.25) is 0 Å². The molecule has 0 saturated carbocycles. The topological polar surface area (TPSA) is 44.9 Å². The SMILES string of the molecule is C[C@H](N[C@@H](C(=O)c1c[nH]c2ccccc12)c1ccccc1)c1cccs1. The summed E-state index contributed by atoms with van der Waals surface area (Å²) < 4.78 is 0. The van der Waals surface area contributed by atoms with Crippen molar-refractivity contribution in [3.8, 4) is 0 Å². The Hall–Kier alpha value is -2.69. The summed E-state index contributed by atoms with van der Waals surface area (Å²) in [5, 5.41) is 6.56. The maximum Gasteiger partial charge on any atom is 0.186 e. The fourth-order valence-electron chi connectivity index (χ4n) is 3.27. The molecule has 0 spiro atoms. The number of H-pyrrole nitrogens is 1. The highest BCUT2D eigenvalue weighted by atomic mass is 32.1. The smallest absolute Gasteiger partial charge is 0.186 e. The molecule has 0 amide bonds. The summed E-state index contributed by atoms with van der Waals surface area (Å²) in [5.74, 6) is 0.0806. The van der Waals surface area contributed by atoms with Crippen molar-refractivity contribution in [2.24, 2.45) is 0 Å². The molecule has 2 aromatic heterocycles. The van der Waals surface area contributed by atoms with E-state index >= 15 is 0 Å². The number of carbonyl (C=O) groups excluding carboxylic acids is 1. The van der Waals surface area contributed by atoms with E-state index in [1.54, 1.807) is 11.3 Å². The van der Waals surface area contributed by atoms with E-state index in [0.29, 0.717) is 0 Å². The van der Waals surface area contributed by atoms with Crippen molar-refractivity contribution in [2.75, 3.05) is 0 Å². The average molecular weight is 360 g/mol. The number of para-hydroxylation sites is 1. The van der Waals surface area contributed by atoms with Gasteiger partial charge in [0.1, 0.15) is 0 Å². The molecule has 2 N–H and O–H groups in total. The van der Waals surface area contributed by atoms with Crippen LogP contribution >= 0.6 is 11.3 Å². The molecular formula is C22H20N2OS. The number of rotatable bonds is 6. The largest absolute Gasteiger partial charge is 0.360 e. The van der Waals surface area contributed by atoms with Crippen LogP contribution in [0.15, 0.2) is 78.3 Å². The van der Waals surface area contributed by atoms with Gasteiger partial charge in [0.15, 0.2) is 5.78 Å². The van der Waals surface area contributed by atoms with Crippen molar-refractivity contribution in [3.63, 3.8) is 0 Å². The lowest BCUT2D eigenvalue weighted by Gasteiger charge is -2.22. The van der Waals surface area contributed by atoms with Gasteiger partial charge in [-0.05, 0) is 30.0 Å². The van der Waals surface area contributed by atoms with E-state index in [-0.39, 0.29) is 11.8 Å². The minimum Gasteiger partial charge on any atom is -0.360 e. The number of ketones is 1. The molecule has 26 heavy (non-hydrogen) atoms. The second-order valence-electron chi connectivity index (χ2n) is 6.36. The van der Waals surface area contributed by atoms with Crippen LogP contribution in [0.4, 0.5) is 0 Å². The van der Waals surface area contributed by atoms with E-state index in [9.17, 15) is 4.79 Å². The summed E-state index contributed by atoms with van der Waals surface area (Å²) in [5.41, 5.74) is 2.68. The Bertz CT molecular complexity index is 1010. The minimum absolute atomic E-state index is 0.0806. The van der Waals surface area contributed by atoms with Crippen LogP contribution in [0.25, 0.3) is 10.9 Å². The predicted octanol–water partition coefficient (Wildman–Crippen LogP) is 5.50. The lowest BCUT2D eigenvalue weighted by molar-refractivity contribution is 0.0938. The number of thiophene rings is 1. The third-order valence-corrected chi connectivity index (χ3v) is 5.69. The standard InChI is InChI=1S/C22H20N2OS/c1-15(20-12-7-13-26-20)24-21(16-8-3-2-4-9-16)22(25)18-14-23-19-11-6-5-10-17(18)19/h2-15,21,23-24H,1H3/t15-,21+/m0/s1. The van der Waals surface area contributed by atoms with Gasteiger partial charge in [0.05, 0.1) is 6.04 Å². The molecule has 4 rings (SSSR count). The van der Waals surface area contributed by atoms with Gasteiger partial charge in [-0.3, -0.25) is 10.1 Å². The highest BCUT2D eigenvalue weighted by molar-refractivity contribution is 7.10. The summed E-state index contributed by atoms with van der Waals surface area (Å²) in [6, 6.07) is 21.7. The quantitative estimate of drug-likeness (QED) is 0.446. The molecule has 4 aromatic rings. The van der Waals surface area contributed by atoms with Crippen molar-refractivity contribution in [1.29, 1.82) is 0 Å².